The van der Waals surface area contributed by atoms with E-state index in [9.17, 15) is 0 Å². The minimum Gasteiger partial charge on any atom is -0.359 e. The Morgan fingerprint density at radius 1 is 1.33 bits per heavy atom. The third-order valence-corrected chi connectivity index (χ3v) is 2.16. The molecule has 1 heterocycles. The summed E-state index contributed by atoms with van der Waals surface area (Å²) in [5.74, 6) is 0. The number of nitrogens with one attached hydrogen (secondary N) is 1. The minimum atomic E-state index is 0.825. The van der Waals surface area contributed by atoms with Gasteiger partial charge in [-0.1, -0.05) is 35.8 Å². The number of anilines is 1. The van der Waals surface area contributed by atoms with Crippen molar-refractivity contribution in [2.24, 2.45) is 0 Å². The molecule has 1 aromatic heterocycles. The fraction of sp³-hybridized carbons (Fsp3) is 0.857. The van der Waals surface area contributed by atoms with Gasteiger partial charge in [0.1, 0.15) is 0 Å². The Balaban J connectivity index is 1.96. The lowest BCUT2D eigenvalue weighted by Gasteiger charge is -1.99. The van der Waals surface area contributed by atoms with Crippen molar-refractivity contribution in [3.63, 3.8) is 0 Å². The van der Waals surface area contributed by atoms with E-state index in [1.807, 2.05) is 0 Å². The zero-order valence-electron chi connectivity index (χ0n) is 7.29. The van der Waals surface area contributed by atoms with Crippen molar-refractivity contribution in [1.82, 2.24) is 14.8 Å². The van der Waals surface area contributed by atoms with Crippen LogP contribution in [0.25, 0.3) is 0 Å². The standard InChI is InChI=1S/C7H14N4S/c1-2-3-4-5-6-8-7-9-10-11-12-7/h2-6H2,1H3,(H,8,9,11). The molecule has 0 saturated carbocycles. The van der Waals surface area contributed by atoms with Crippen molar-refractivity contribution in [2.45, 2.75) is 32.6 Å². The molecule has 1 rings (SSSR count). The van der Waals surface area contributed by atoms with Crippen LogP contribution >= 0.6 is 11.5 Å². The Bertz CT molecular complexity index is 187. The molecule has 0 bridgehead atoms. The first-order valence-corrected chi connectivity index (χ1v) is 5.09. The second-order valence-corrected chi connectivity index (χ2v) is 3.39. The van der Waals surface area contributed by atoms with E-state index in [-0.39, 0.29) is 0 Å². The first kappa shape index (κ1) is 9.38. The summed E-state index contributed by atoms with van der Waals surface area (Å²) in [6, 6.07) is 0. The van der Waals surface area contributed by atoms with Crippen molar-refractivity contribution in [2.75, 3.05) is 11.9 Å². The molecule has 0 fully saturated rings. The van der Waals surface area contributed by atoms with Gasteiger partial charge in [-0.2, -0.15) is 0 Å². The maximum atomic E-state index is 3.78. The fourth-order valence-electron chi connectivity index (χ4n) is 0.949. The molecule has 12 heavy (non-hydrogen) atoms. The van der Waals surface area contributed by atoms with Gasteiger partial charge >= 0.3 is 0 Å². The van der Waals surface area contributed by atoms with Crippen LogP contribution in [0.5, 0.6) is 0 Å². The topological polar surface area (TPSA) is 50.7 Å². The third-order valence-electron chi connectivity index (χ3n) is 1.61. The molecule has 68 valence electrons. The predicted molar refractivity (Wildman–Crippen MR) is 50.3 cm³/mol. The highest BCUT2D eigenvalue weighted by Crippen LogP contribution is 2.05. The normalized spacial score (nSPS) is 10.1. The summed E-state index contributed by atoms with van der Waals surface area (Å²) in [5, 5.41) is 11.3. The molecular formula is C7H14N4S. The molecule has 0 amide bonds. The maximum Gasteiger partial charge on any atom is 0.225 e. The molecule has 0 aliphatic carbocycles. The van der Waals surface area contributed by atoms with Crippen LogP contribution in [0.4, 0.5) is 5.13 Å². The van der Waals surface area contributed by atoms with Crippen LogP contribution in [0.2, 0.25) is 0 Å². The van der Waals surface area contributed by atoms with Crippen LogP contribution in [-0.2, 0) is 0 Å². The van der Waals surface area contributed by atoms with Crippen molar-refractivity contribution in [3.05, 3.63) is 0 Å². The molecule has 0 saturated heterocycles. The highest BCUT2D eigenvalue weighted by Gasteiger charge is 1.94. The molecule has 0 aromatic carbocycles. The predicted octanol–water partition coefficient (Wildman–Crippen LogP) is 1.93. The Labute approximate surface area is 76.5 Å². The number of nitrogens with zero attached hydrogens (tertiary/aromatic N) is 3. The van der Waals surface area contributed by atoms with Gasteiger partial charge in [-0.25, -0.2) is 0 Å². The number of hydrogen-bond acceptors (Lipinski definition) is 5. The molecule has 1 aromatic rings. The van der Waals surface area contributed by atoms with Gasteiger partial charge in [-0.3, -0.25) is 0 Å². The zero-order chi connectivity index (χ0) is 8.65. The van der Waals surface area contributed by atoms with Gasteiger partial charge in [0.05, 0.1) is 0 Å². The van der Waals surface area contributed by atoms with Gasteiger partial charge in [0, 0.05) is 18.1 Å². The molecule has 4 nitrogen and oxygen atoms in total. The molecule has 0 spiro atoms. The summed E-state index contributed by atoms with van der Waals surface area (Å²) in [6.07, 6.45) is 5.08. The van der Waals surface area contributed by atoms with E-state index < -0.39 is 0 Å². The number of hydrogen-bond donors (Lipinski definition) is 1. The van der Waals surface area contributed by atoms with Crippen molar-refractivity contribution in [1.29, 1.82) is 0 Å². The smallest absolute Gasteiger partial charge is 0.225 e. The Morgan fingerprint density at radius 2 is 2.25 bits per heavy atom. The van der Waals surface area contributed by atoms with Crippen LogP contribution in [0.1, 0.15) is 32.6 Å². The second-order valence-electron chi connectivity index (χ2n) is 2.65. The van der Waals surface area contributed by atoms with E-state index >= 15 is 0 Å². The highest BCUT2D eigenvalue weighted by atomic mass is 32.1. The molecule has 0 aliphatic rings. The van der Waals surface area contributed by atoms with E-state index in [1.54, 1.807) is 0 Å². The van der Waals surface area contributed by atoms with Crippen LogP contribution in [0.15, 0.2) is 0 Å². The zero-order valence-corrected chi connectivity index (χ0v) is 8.10. The van der Waals surface area contributed by atoms with Gasteiger partial charge in [-0.05, 0) is 11.6 Å². The monoisotopic (exact) mass is 186 g/mol. The molecule has 1 N–H and O–H groups in total. The van der Waals surface area contributed by atoms with Crippen molar-refractivity contribution < 1.29 is 0 Å². The van der Waals surface area contributed by atoms with Crippen LogP contribution in [0, 0.1) is 0 Å². The average Bonchev–Trinajstić information content (AvgIpc) is 2.57. The molecule has 0 aliphatic heterocycles. The van der Waals surface area contributed by atoms with Crippen molar-refractivity contribution >= 4 is 16.7 Å². The SMILES string of the molecule is CCCCCCNc1nnns1. The minimum absolute atomic E-state index is 0.825. The Kier molecular flexibility index (Phi) is 4.60. The lowest BCUT2D eigenvalue weighted by atomic mass is 10.2. The summed E-state index contributed by atoms with van der Waals surface area (Å²) in [4.78, 5) is 0. The van der Waals surface area contributed by atoms with Gasteiger partial charge < -0.3 is 5.32 Å². The Hall–Kier alpha value is -0.710. The lowest BCUT2D eigenvalue weighted by molar-refractivity contribution is 0.684. The summed E-state index contributed by atoms with van der Waals surface area (Å²) in [7, 11) is 0. The van der Waals surface area contributed by atoms with Gasteiger partial charge in [-0.15, -0.1) is 0 Å². The molecule has 0 atom stereocenters. The van der Waals surface area contributed by atoms with Crippen LogP contribution < -0.4 is 5.32 Å². The van der Waals surface area contributed by atoms with Crippen LogP contribution in [0.3, 0.4) is 0 Å². The first-order chi connectivity index (χ1) is 5.93. The summed E-state index contributed by atoms with van der Waals surface area (Å²) >= 11 is 1.30. The fourth-order valence-corrected chi connectivity index (χ4v) is 1.34. The van der Waals surface area contributed by atoms with Gasteiger partial charge in [0.2, 0.25) is 5.13 Å². The summed E-state index contributed by atoms with van der Waals surface area (Å²) in [6.45, 7) is 3.19. The van der Waals surface area contributed by atoms with Gasteiger partial charge in [0.15, 0.2) is 0 Å². The third kappa shape index (κ3) is 3.61. The molecular weight excluding hydrogens is 172 g/mol. The summed E-state index contributed by atoms with van der Waals surface area (Å²) < 4.78 is 3.66. The van der Waals surface area contributed by atoms with Crippen LogP contribution in [-0.4, -0.2) is 21.3 Å². The number of unbranched alkanes of at least 4 members (excludes halogenated alkanes) is 3. The maximum absolute atomic E-state index is 3.78. The lowest BCUT2D eigenvalue weighted by Crippen LogP contribution is -2.00. The largest absolute Gasteiger partial charge is 0.359 e. The average molecular weight is 186 g/mol. The van der Waals surface area contributed by atoms with E-state index in [0.29, 0.717) is 0 Å². The first-order valence-electron chi connectivity index (χ1n) is 4.32. The second kappa shape index (κ2) is 5.88. The molecule has 0 radical (unpaired) electrons. The van der Waals surface area contributed by atoms with E-state index in [1.165, 1.54) is 37.2 Å². The number of aromatic nitrogens is 3. The quantitative estimate of drug-likeness (QED) is 0.690. The van der Waals surface area contributed by atoms with E-state index in [2.05, 4.69) is 27.0 Å². The van der Waals surface area contributed by atoms with Gasteiger partial charge in [0.25, 0.3) is 0 Å². The van der Waals surface area contributed by atoms with E-state index in [0.717, 1.165) is 11.7 Å². The van der Waals surface area contributed by atoms with E-state index in [4.69, 9.17) is 0 Å². The van der Waals surface area contributed by atoms with Crippen molar-refractivity contribution in [3.8, 4) is 0 Å². The Morgan fingerprint density at radius 3 is 2.92 bits per heavy atom. The summed E-state index contributed by atoms with van der Waals surface area (Å²) in [5.41, 5.74) is 0. The highest BCUT2D eigenvalue weighted by molar-refractivity contribution is 7.09. The molecule has 0 unspecified atom stereocenters. The number of rotatable bonds is 6. The molecule has 5 heteroatoms.